The second-order valence-corrected chi connectivity index (χ2v) is 5.17. The number of ether oxygens (including phenoxy) is 1. The van der Waals surface area contributed by atoms with Crippen LogP contribution in [0.4, 0.5) is 5.69 Å². The molecule has 0 atom stereocenters. The lowest BCUT2D eigenvalue weighted by atomic mass is 10.2. The van der Waals surface area contributed by atoms with Crippen LogP contribution in [0.5, 0.6) is 5.75 Å². The van der Waals surface area contributed by atoms with Gasteiger partial charge < -0.3 is 15.4 Å². The summed E-state index contributed by atoms with van der Waals surface area (Å²) in [6.45, 7) is 2.32. The molecule has 5 nitrogen and oxygen atoms in total. The largest absolute Gasteiger partial charge is 0.484 e. The number of benzene rings is 2. The van der Waals surface area contributed by atoms with Crippen molar-refractivity contribution in [3.8, 4) is 5.75 Å². The molecule has 2 rings (SSSR count). The van der Waals surface area contributed by atoms with Crippen molar-refractivity contribution < 1.29 is 14.3 Å². The molecule has 0 heterocycles. The van der Waals surface area contributed by atoms with Crippen molar-refractivity contribution in [1.29, 1.82) is 0 Å². The Morgan fingerprint density at radius 3 is 2.65 bits per heavy atom. The molecule has 0 saturated heterocycles. The summed E-state index contributed by atoms with van der Waals surface area (Å²) >= 11 is 5.88. The van der Waals surface area contributed by atoms with E-state index in [0.717, 1.165) is 0 Å². The van der Waals surface area contributed by atoms with Gasteiger partial charge in [-0.2, -0.15) is 0 Å². The van der Waals surface area contributed by atoms with E-state index in [1.165, 1.54) is 0 Å². The Bertz CT molecular complexity index is 704. The van der Waals surface area contributed by atoms with Gasteiger partial charge in [0.1, 0.15) is 5.75 Å². The quantitative estimate of drug-likeness (QED) is 0.854. The van der Waals surface area contributed by atoms with Crippen molar-refractivity contribution in [2.45, 2.75) is 6.92 Å². The molecule has 0 aliphatic carbocycles. The van der Waals surface area contributed by atoms with Crippen LogP contribution >= 0.6 is 11.6 Å². The first-order valence-electron chi connectivity index (χ1n) is 7.15. The van der Waals surface area contributed by atoms with Crippen molar-refractivity contribution >= 4 is 29.1 Å². The maximum atomic E-state index is 12.2. The molecule has 0 radical (unpaired) electrons. The molecule has 0 fully saturated rings. The predicted octanol–water partition coefficient (Wildman–Crippen LogP) is 3.11. The molecule has 0 aliphatic rings. The molecule has 0 unspecified atom stereocenters. The van der Waals surface area contributed by atoms with Crippen molar-refractivity contribution in [2.24, 2.45) is 0 Å². The minimum absolute atomic E-state index is 0.0699. The van der Waals surface area contributed by atoms with Gasteiger partial charge in [0.15, 0.2) is 6.61 Å². The summed E-state index contributed by atoms with van der Waals surface area (Å²) in [6, 6.07) is 13.5. The van der Waals surface area contributed by atoms with Crippen LogP contribution in [0.2, 0.25) is 5.02 Å². The lowest BCUT2D eigenvalue weighted by molar-refractivity contribution is -0.122. The second-order valence-electron chi connectivity index (χ2n) is 4.73. The van der Waals surface area contributed by atoms with E-state index in [4.69, 9.17) is 16.3 Å². The molecule has 2 aromatic carbocycles. The molecule has 6 heteroatoms. The molecular formula is C17H17ClN2O3. The molecule has 23 heavy (non-hydrogen) atoms. The van der Waals surface area contributed by atoms with Gasteiger partial charge in [-0.15, -0.1) is 0 Å². The van der Waals surface area contributed by atoms with Crippen LogP contribution in [0.25, 0.3) is 0 Å². The normalized spacial score (nSPS) is 10.0. The van der Waals surface area contributed by atoms with Gasteiger partial charge in [0.25, 0.3) is 11.8 Å². The third-order valence-electron chi connectivity index (χ3n) is 2.92. The molecule has 0 aliphatic heterocycles. The van der Waals surface area contributed by atoms with Gasteiger partial charge in [0.05, 0.1) is 0 Å². The molecule has 2 aromatic rings. The molecular weight excluding hydrogens is 316 g/mol. The van der Waals surface area contributed by atoms with E-state index in [2.05, 4.69) is 10.6 Å². The number of hydrogen-bond acceptors (Lipinski definition) is 3. The molecule has 0 aromatic heterocycles. The van der Waals surface area contributed by atoms with Gasteiger partial charge in [-0.3, -0.25) is 9.59 Å². The maximum absolute atomic E-state index is 12.2. The number of anilines is 1. The highest BCUT2D eigenvalue weighted by Crippen LogP contribution is 2.19. The highest BCUT2D eigenvalue weighted by molar-refractivity contribution is 6.31. The monoisotopic (exact) mass is 332 g/mol. The SMILES string of the molecule is CCNC(=O)COc1cccc(NC(=O)c2cccc(Cl)c2)c1. The fourth-order valence-electron chi connectivity index (χ4n) is 1.89. The average Bonchev–Trinajstić information content (AvgIpc) is 2.53. The standard InChI is InChI=1S/C17H17ClN2O3/c1-2-19-16(21)11-23-15-8-4-7-14(10-15)20-17(22)12-5-3-6-13(18)9-12/h3-10H,2,11H2,1H3,(H,19,21)(H,20,22). The predicted molar refractivity (Wildman–Crippen MR) is 90.0 cm³/mol. The summed E-state index contributed by atoms with van der Waals surface area (Å²) in [4.78, 5) is 23.5. The highest BCUT2D eigenvalue weighted by atomic mass is 35.5. The number of carbonyl (C=O) groups is 2. The van der Waals surface area contributed by atoms with Crippen molar-refractivity contribution in [3.63, 3.8) is 0 Å². The number of carbonyl (C=O) groups excluding carboxylic acids is 2. The number of hydrogen-bond donors (Lipinski definition) is 2. The number of halogens is 1. The molecule has 0 saturated carbocycles. The van der Waals surface area contributed by atoms with Crippen molar-refractivity contribution in [2.75, 3.05) is 18.5 Å². The van der Waals surface area contributed by atoms with Gasteiger partial charge in [0.2, 0.25) is 0 Å². The fourth-order valence-corrected chi connectivity index (χ4v) is 2.08. The number of amides is 2. The van der Waals surface area contributed by atoms with E-state index in [-0.39, 0.29) is 18.4 Å². The van der Waals surface area contributed by atoms with Crippen molar-refractivity contribution in [1.82, 2.24) is 5.32 Å². The fraction of sp³-hybridized carbons (Fsp3) is 0.176. The molecule has 2 amide bonds. The second kappa shape index (κ2) is 8.19. The van der Waals surface area contributed by atoms with Crippen LogP contribution in [0.15, 0.2) is 48.5 Å². The number of nitrogens with one attached hydrogen (secondary N) is 2. The minimum Gasteiger partial charge on any atom is -0.484 e. The van der Waals surface area contributed by atoms with Crippen LogP contribution in [0.3, 0.4) is 0 Å². The van der Waals surface area contributed by atoms with E-state index < -0.39 is 0 Å². The summed E-state index contributed by atoms with van der Waals surface area (Å²) < 4.78 is 5.38. The van der Waals surface area contributed by atoms with E-state index in [1.807, 2.05) is 6.92 Å². The van der Waals surface area contributed by atoms with Gasteiger partial charge in [-0.25, -0.2) is 0 Å². The Kier molecular flexibility index (Phi) is 6.00. The zero-order valence-corrected chi connectivity index (χ0v) is 13.4. The lowest BCUT2D eigenvalue weighted by Crippen LogP contribution is -2.28. The zero-order chi connectivity index (χ0) is 16.7. The van der Waals surface area contributed by atoms with Crippen molar-refractivity contribution in [3.05, 3.63) is 59.1 Å². The Balaban J connectivity index is 1.99. The van der Waals surface area contributed by atoms with Crippen LogP contribution < -0.4 is 15.4 Å². The number of likely N-dealkylation sites (N-methyl/N-ethyl adjacent to an activating group) is 1. The molecule has 2 N–H and O–H groups in total. The van der Waals surface area contributed by atoms with Crippen LogP contribution in [0, 0.1) is 0 Å². The Morgan fingerprint density at radius 2 is 1.91 bits per heavy atom. The Morgan fingerprint density at radius 1 is 1.13 bits per heavy atom. The zero-order valence-electron chi connectivity index (χ0n) is 12.6. The first-order chi connectivity index (χ1) is 11.1. The van der Waals surface area contributed by atoms with Crippen LogP contribution in [0.1, 0.15) is 17.3 Å². The summed E-state index contributed by atoms with van der Waals surface area (Å²) in [7, 11) is 0. The molecule has 0 bridgehead atoms. The third kappa shape index (κ3) is 5.30. The van der Waals surface area contributed by atoms with E-state index in [1.54, 1.807) is 48.5 Å². The summed E-state index contributed by atoms with van der Waals surface area (Å²) in [5, 5.41) is 5.90. The first-order valence-corrected chi connectivity index (χ1v) is 7.52. The topological polar surface area (TPSA) is 67.4 Å². The average molecular weight is 333 g/mol. The van der Waals surface area contributed by atoms with E-state index >= 15 is 0 Å². The summed E-state index contributed by atoms with van der Waals surface area (Å²) in [5.41, 5.74) is 1.04. The van der Waals surface area contributed by atoms with Gasteiger partial charge in [0, 0.05) is 28.9 Å². The van der Waals surface area contributed by atoms with E-state index in [0.29, 0.717) is 28.6 Å². The van der Waals surface area contributed by atoms with Gasteiger partial charge in [-0.05, 0) is 37.3 Å². The number of rotatable bonds is 6. The summed E-state index contributed by atoms with van der Waals surface area (Å²) in [6.07, 6.45) is 0. The maximum Gasteiger partial charge on any atom is 0.257 e. The minimum atomic E-state index is -0.270. The Hall–Kier alpha value is -2.53. The first kappa shape index (κ1) is 16.8. The lowest BCUT2D eigenvalue weighted by Gasteiger charge is -2.09. The van der Waals surface area contributed by atoms with Gasteiger partial charge >= 0.3 is 0 Å². The Labute approximate surface area is 139 Å². The van der Waals surface area contributed by atoms with Crippen LogP contribution in [-0.4, -0.2) is 25.0 Å². The molecule has 0 spiro atoms. The van der Waals surface area contributed by atoms with Gasteiger partial charge in [-0.1, -0.05) is 23.7 Å². The highest BCUT2D eigenvalue weighted by Gasteiger charge is 2.07. The van der Waals surface area contributed by atoms with E-state index in [9.17, 15) is 9.59 Å². The third-order valence-corrected chi connectivity index (χ3v) is 3.16. The van der Waals surface area contributed by atoms with Crippen LogP contribution in [-0.2, 0) is 4.79 Å². The smallest absolute Gasteiger partial charge is 0.257 e. The molecule has 120 valence electrons. The summed E-state index contributed by atoms with van der Waals surface area (Å²) in [5.74, 6) is 0.0365.